The van der Waals surface area contributed by atoms with Gasteiger partial charge in [-0.15, -0.1) is 0 Å². The van der Waals surface area contributed by atoms with Crippen LogP contribution in [0.25, 0.3) is 0 Å². The number of aryl methyl sites for hydroxylation is 2. The summed E-state index contributed by atoms with van der Waals surface area (Å²) < 4.78 is 7.48. The van der Waals surface area contributed by atoms with Gasteiger partial charge in [0.05, 0.1) is 11.3 Å². The van der Waals surface area contributed by atoms with E-state index in [-0.39, 0.29) is 5.91 Å². The van der Waals surface area contributed by atoms with Crippen molar-refractivity contribution in [3.63, 3.8) is 0 Å². The summed E-state index contributed by atoms with van der Waals surface area (Å²) in [6, 6.07) is 7.26. The number of carbonyl (C=O) groups is 2. The number of nitrogens with one attached hydrogen (secondary N) is 1. The molecule has 130 valence electrons. The molecule has 2 aliphatic heterocycles. The highest BCUT2D eigenvalue weighted by molar-refractivity contribution is 5.95. The van der Waals surface area contributed by atoms with Crippen LogP contribution in [0.3, 0.4) is 0 Å². The van der Waals surface area contributed by atoms with E-state index in [0.29, 0.717) is 24.9 Å². The molecule has 1 atom stereocenters. The maximum Gasteiger partial charge on any atom is 0.339 e. The average Bonchev–Trinajstić information content (AvgIpc) is 3.04. The number of esters is 1. The van der Waals surface area contributed by atoms with Crippen molar-refractivity contribution in [1.29, 1.82) is 0 Å². The molecule has 0 spiro atoms. The standard InChI is InChI=1S/C19H21N3O3/c23-18(16-11-13-5-1-2-6-15(13)19(24)25-16)20-9-8-14-12-22-10-4-3-7-17(22)21-14/h1-2,5-6,12,16H,3-4,7-11H2,(H,20,23). The lowest BCUT2D eigenvalue weighted by Crippen LogP contribution is -2.42. The van der Waals surface area contributed by atoms with Gasteiger partial charge in [-0.2, -0.15) is 0 Å². The number of carbonyl (C=O) groups excluding carboxylic acids is 2. The number of rotatable bonds is 4. The number of amides is 1. The fourth-order valence-electron chi connectivity index (χ4n) is 3.50. The van der Waals surface area contributed by atoms with Gasteiger partial charge in [0.2, 0.25) is 0 Å². The van der Waals surface area contributed by atoms with Crippen molar-refractivity contribution < 1.29 is 14.3 Å². The molecule has 6 nitrogen and oxygen atoms in total. The lowest BCUT2D eigenvalue weighted by Gasteiger charge is -2.23. The molecule has 25 heavy (non-hydrogen) atoms. The molecule has 2 aliphatic rings. The number of fused-ring (bicyclic) bond motifs is 2. The smallest absolute Gasteiger partial charge is 0.339 e. The first-order valence-corrected chi connectivity index (χ1v) is 8.82. The Labute approximate surface area is 146 Å². The zero-order chi connectivity index (χ0) is 17.2. The normalized spacial score (nSPS) is 18.9. The molecule has 2 aromatic rings. The number of cyclic esters (lactones) is 1. The van der Waals surface area contributed by atoms with Crippen molar-refractivity contribution in [1.82, 2.24) is 14.9 Å². The minimum atomic E-state index is -0.752. The Morgan fingerprint density at radius 3 is 3.08 bits per heavy atom. The summed E-state index contributed by atoms with van der Waals surface area (Å²) in [7, 11) is 0. The molecule has 1 unspecified atom stereocenters. The number of aromatic nitrogens is 2. The van der Waals surface area contributed by atoms with Crippen molar-refractivity contribution in [2.24, 2.45) is 0 Å². The molecule has 3 heterocycles. The van der Waals surface area contributed by atoms with Gasteiger partial charge in [0, 0.05) is 38.5 Å². The first kappa shape index (κ1) is 15.9. The van der Waals surface area contributed by atoms with Gasteiger partial charge in [-0.3, -0.25) is 4.79 Å². The zero-order valence-electron chi connectivity index (χ0n) is 14.0. The van der Waals surface area contributed by atoms with Gasteiger partial charge in [0.1, 0.15) is 5.82 Å². The number of ether oxygens (including phenoxy) is 1. The maximum atomic E-state index is 12.3. The molecule has 1 aromatic heterocycles. The second-order valence-corrected chi connectivity index (χ2v) is 6.60. The van der Waals surface area contributed by atoms with Crippen LogP contribution in [0.15, 0.2) is 30.5 Å². The van der Waals surface area contributed by atoms with Crippen LogP contribution >= 0.6 is 0 Å². The van der Waals surface area contributed by atoms with E-state index >= 15 is 0 Å². The predicted octanol–water partition coefficient (Wildman–Crippen LogP) is 1.66. The SMILES string of the molecule is O=C1OC(C(=O)NCCc2cn3c(n2)CCCC3)Cc2ccccc21. The van der Waals surface area contributed by atoms with Crippen LogP contribution in [-0.2, 0) is 35.3 Å². The molecule has 1 N–H and O–H groups in total. The largest absolute Gasteiger partial charge is 0.448 e. The molecule has 6 heteroatoms. The van der Waals surface area contributed by atoms with Crippen LogP contribution in [0.2, 0.25) is 0 Å². The van der Waals surface area contributed by atoms with Crippen LogP contribution in [-0.4, -0.2) is 34.1 Å². The van der Waals surface area contributed by atoms with E-state index in [2.05, 4.69) is 21.1 Å². The number of hydrogen-bond donors (Lipinski definition) is 1. The lowest BCUT2D eigenvalue weighted by atomic mass is 9.98. The molecular weight excluding hydrogens is 318 g/mol. The lowest BCUT2D eigenvalue weighted by molar-refractivity contribution is -0.130. The third kappa shape index (κ3) is 3.29. The van der Waals surface area contributed by atoms with Gasteiger partial charge < -0.3 is 14.6 Å². The first-order chi connectivity index (χ1) is 12.2. The topological polar surface area (TPSA) is 73.2 Å². The number of imidazole rings is 1. The van der Waals surface area contributed by atoms with Gasteiger partial charge in [-0.1, -0.05) is 18.2 Å². The Hall–Kier alpha value is -2.63. The Morgan fingerprint density at radius 1 is 1.32 bits per heavy atom. The van der Waals surface area contributed by atoms with Gasteiger partial charge in [-0.05, 0) is 24.5 Å². The van der Waals surface area contributed by atoms with Crippen LogP contribution in [0.5, 0.6) is 0 Å². The van der Waals surface area contributed by atoms with Crippen molar-refractivity contribution in [2.75, 3.05) is 6.54 Å². The van der Waals surface area contributed by atoms with Crippen LogP contribution in [0.1, 0.15) is 40.3 Å². The molecule has 1 amide bonds. The van der Waals surface area contributed by atoms with Gasteiger partial charge in [0.15, 0.2) is 6.10 Å². The number of benzene rings is 1. The second kappa shape index (κ2) is 6.70. The highest BCUT2D eigenvalue weighted by Gasteiger charge is 2.30. The monoisotopic (exact) mass is 339 g/mol. The highest BCUT2D eigenvalue weighted by atomic mass is 16.5. The van der Waals surface area contributed by atoms with E-state index in [1.165, 1.54) is 12.8 Å². The summed E-state index contributed by atoms with van der Waals surface area (Å²) in [4.78, 5) is 28.9. The van der Waals surface area contributed by atoms with E-state index < -0.39 is 12.1 Å². The maximum absolute atomic E-state index is 12.3. The summed E-state index contributed by atoms with van der Waals surface area (Å²) in [5, 5.41) is 2.87. The van der Waals surface area contributed by atoms with Crippen molar-refractivity contribution in [2.45, 2.75) is 44.8 Å². The summed E-state index contributed by atoms with van der Waals surface area (Å²) >= 11 is 0. The van der Waals surface area contributed by atoms with Crippen LogP contribution in [0.4, 0.5) is 0 Å². The molecule has 0 bridgehead atoms. The summed E-state index contributed by atoms with van der Waals surface area (Å²) in [5.41, 5.74) is 2.42. The molecule has 0 aliphatic carbocycles. The average molecular weight is 339 g/mol. The third-order valence-electron chi connectivity index (χ3n) is 4.82. The summed E-state index contributed by atoms with van der Waals surface area (Å²) in [5.74, 6) is 0.473. The van der Waals surface area contributed by atoms with Crippen molar-refractivity contribution in [3.8, 4) is 0 Å². The molecule has 0 radical (unpaired) electrons. The fraction of sp³-hybridized carbons (Fsp3) is 0.421. The Morgan fingerprint density at radius 2 is 2.20 bits per heavy atom. The predicted molar refractivity (Wildman–Crippen MR) is 91.2 cm³/mol. The third-order valence-corrected chi connectivity index (χ3v) is 4.82. The van der Waals surface area contributed by atoms with Crippen LogP contribution in [0, 0.1) is 0 Å². The molecular formula is C19H21N3O3. The van der Waals surface area contributed by atoms with E-state index in [1.54, 1.807) is 12.1 Å². The molecule has 1 aromatic carbocycles. The minimum absolute atomic E-state index is 0.244. The van der Waals surface area contributed by atoms with Gasteiger partial charge in [-0.25, -0.2) is 9.78 Å². The molecule has 0 saturated heterocycles. The quantitative estimate of drug-likeness (QED) is 0.860. The van der Waals surface area contributed by atoms with Crippen molar-refractivity contribution in [3.05, 3.63) is 53.1 Å². The fourth-order valence-corrected chi connectivity index (χ4v) is 3.50. The molecule has 0 saturated carbocycles. The Kier molecular flexibility index (Phi) is 4.26. The van der Waals surface area contributed by atoms with E-state index in [4.69, 9.17) is 4.74 Å². The first-order valence-electron chi connectivity index (χ1n) is 8.82. The van der Waals surface area contributed by atoms with E-state index in [1.807, 2.05) is 12.1 Å². The molecule has 4 rings (SSSR count). The minimum Gasteiger partial charge on any atom is -0.448 e. The van der Waals surface area contributed by atoms with Gasteiger partial charge >= 0.3 is 5.97 Å². The van der Waals surface area contributed by atoms with E-state index in [9.17, 15) is 9.59 Å². The summed E-state index contributed by atoms with van der Waals surface area (Å²) in [6.07, 6.45) is 5.87. The van der Waals surface area contributed by atoms with Crippen molar-refractivity contribution >= 4 is 11.9 Å². The number of nitrogens with zero attached hydrogens (tertiary/aromatic N) is 2. The van der Waals surface area contributed by atoms with E-state index in [0.717, 1.165) is 30.0 Å². The molecule has 0 fully saturated rings. The zero-order valence-corrected chi connectivity index (χ0v) is 14.0. The number of hydrogen-bond acceptors (Lipinski definition) is 4. The van der Waals surface area contributed by atoms with Crippen LogP contribution < -0.4 is 5.32 Å². The Bertz CT molecular complexity index is 788. The second-order valence-electron chi connectivity index (χ2n) is 6.60. The highest BCUT2D eigenvalue weighted by Crippen LogP contribution is 2.20. The van der Waals surface area contributed by atoms with Gasteiger partial charge in [0.25, 0.3) is 5.91 Å². The Balaban J connectivity index is 1.32. The summed E-state index contributed by atoms with van der Waals surface area (Å²) in [6.45, 7) is 1.52.